The number of nitrogens with zero attached hydrogens (tertiary/aromatic N) is 1. The van der Waals surface area contributed by atoms with Gasteiger partial charge in [0.1, 0.15) is 0 Å². The molecule has 23 heavy (non-hydrogen) atoms. The average molecular weight is 356 g/mol. The number of halogens is 2. The van der Waals surface area contributed by atoms with Crippen LogP contribution in [0.5, 0.6) is 0 Å². The molecule has 1 aliphatic rings. The maximum absolute atomic E-state index is 12.5. The van der Waals surface area contributed by atoms with Gasteiger partial charge in [0.2, 0.25) is 0 Å². The molecule has 6 heteroatoms. The summed E-state index contributed by atoms with van der Waals surface area (Å²) in [6.45, 7) is 4.37. The van der Waals surface area contributed by atoms with Crippen LogP contribution in [0.15, 0.2) is 24.3 Å². The maximum Gasteiger partial charge on any atom is 0.252 e. The van der Waals surface area contributed by atoms with Gasteiger partial charge in [-0.2, -0.15) is 0 Å². The maximum atomic E-state index is 12.5. The normalized spacial score (nSPS) is 14.6. The van der Waals surface area contributed by atoms with Crippen LogP contribution in [0, 0.1) is 6.92 Å². The summed E-state index contributed by atoms with van der Waals surface area (Å²) in [5.41, 5.74) is 9.38. The number of benzene rings is 1. The average Bonchev–Trinajstić information content (AvgIpc) is 3.30. The minimum atomic E-state index is -0.0622. The Morgan fingerprint density at radius 1 is 1.35 bits per heavy atom. The van der Waals surface area contributed by atoms with E-state index in [1.165, 1.54) is 12.8 Å². The zero-order valence-electron chi connectivity index (χ0n) is 13.3. The number of fused-ring (bicyclic) bond motifs is 1. The fourth-order valence-corrected chi connectivity index (χ4v) is 2.50. The highest BCUT2D eigenvalue weighted by molar-refractivity contribution is 6.06. The third-order valence-electron chi connectivity index (χ3n) is 3.96. The number of aromatic nitrogens is 1. The first-order valence-corrected chi connectivity index (χ1v) is 7.50. The molecule has 0 spiro atoms. The zero-order valence-corrected chi connectivity index (χ0v) is 15.0. The molecule has 3 N–H and O–H groups in total. The fourth-order valence-electron chi connectivity index (χ4n) is 2.50. The molecular weight excluding hydrogens is 333 g/mol. The van der Waals surface area contributed by atoms with E-state index in [0.29, 0.717) is 18.0 Å². The van der Waals surface area contributed by atoms with E-state index in [4.69, 9.17) is 10.7 Å². The second-order valence-corrected chi connectivity index (χ2v) is 6.00. The Kier molecular flexibility index (Phi) is 6.81. The highest BCUT2D eigenvalue weighted by Crippen LogP contribution is 2.40. The number of carbonyl (C=O) groups is 1. The van der Waals surface area contributed by atoms with Crippen molar-refractivity contribution in [1.82, 2.24) is 10.3 Å². The van der Waals surface area contributed by atoms with E-state index >= 15 is 0 Å². The van der Waals surface area contributed by atoms with Crippen LogP contribution in [0.1, 0.15) is 47.3 Å². The summed E-state index contributed by atoms with van der Waals surface area (Å²) >= 11 is 0. The molecule has 3 rings (SSSR count). The molecule has 1 aliphatic carbocycles. The summed E-state index contributed by atoms with van der Waals surface area (Å²) in [5.74, 6) is 0.460. The van der Waals surface area contributed by atoms with Crippen LogP contribution >= 0.6 is 24.8 Å². The van der Waals surface area contributed by atoms with Crippen LogP contribution in [-0.4, -0.2) is 23.5 Å². The molecule has 1 heterocycles. The molecule has 1 aromatic carbocycles. The monoisotopic (exact) mass is 355 g/mol. The van der Waals surface area contributed by atoms with Crippen LogP contribution < -0.4 is 11.1 Å². The van der Waals surface area contributed by atoms with Crippen LogP contribution in [0.2, 0.25) is 0 Å². The summed E-state index contributed by atoms with van der Waals surface area (Å²) in [6, 6.07) is 7.99. The number of pyridine rings is 1. The third-order valence-corrected chi connectivity index (χ3v) is 3.96. The first-order chi connectivity index (χ1) is 10.1. The van der Waals surface area contributed by atoms with E-state index in [2.05, 4.69) is 5.32 Å². The van der Waals surface area contributed by atoms with Crippen molar-refractivity contribution in [2.45, 2.75) is 38.6 Å². The molecule has 0 bridgehead atoms. The van der Waals surface area contributed by atoms with Gasteiger partial charge in [-0.15, -0.1) is 24.8 Å². The number of hydrogen-bond acceptors (Lipinski definition) is 3. The van der Waals surface area contributed by atoms with Gasteiger partial charge in [-0.25, -0.2) is 0 Å². The summed E-state index contributed by atoms with van der Waals surface area (Å²) in [6.07, 6.45) is 2.34. The van der Waals surface area contributed by atoms with E-state index in [1.807, 2.05) is 38.1 Å². The molecule has 0 radical (unpaired) electrons. The number of rotatable bonds is 4. The lowest BCUT2D eigenvalue weighted by atomic mass is 10.0. The number of aryl methyl sites for hydroxylation is 1. The Labute approximate surface area is 149 Å². The quantitative estimate of drug-likeness (QED) is 0.883. The van der Waals surface area contributed by atoms with Crippen LogP contribution in [-0.2, 0) is 0 Å². The number of carbonyl (C=O) groups excluding carboxylic acids is 1. The standard InChI is InChI=1S/C17H21N3O.2ClH/c1-10-3-6-15-13(7-10)14(17(21)19-11(2)9-18)8-16(20-15)12-4-5-12;;/h3,6-8,11-12H,4-5,9,18H2,1-2H3,(H,19,21);2*1H/t11-;;/m0../s1. The van der Waals surface area contributed by atoms with Crippen LogP contribution in [0.3, 0.4) is 0 Å². The molecule has 2 aromatic rings. The molecule has 1 fully saturated rings. The van der Waals surface area contributed by atoms with E-state index in [0.717, 1.165) is 22.2 Å². The van der Waals surface area contributed by atoms with Crippen molar-refractivity contribution in [3.05, 3.63) is 41.1 Å². The van der Waals surface area contributed by atoms with Gasteiger partial charge < -0.3 is 11.1 Å². The van der Waals surface area contributed by atoms with Crippen molar-refractivity contribution < 1.29 is 4.79 Å². The van der Waals surface area contributed by atoms with Crippen molar-refractivity contribution in [2.75, 3.05) is 6.54 Å². The Bertz CT molecular complexity index is 702. The number of nitrogens with two attached hydrogens (primary N) is 1. The highest BCUT2D eigenvalue weighted by Gasteiger charge is 2.27. The van der Waals surface area contributed by atoms with E-state index in [9.17, 15) is 4.79 Å². The van der Waals surface area contributed by atoms with Crippen molar-refractivity contribution in [2.24, 2.45) is 5.73 Å². The second-order valence-electron chi connectivity index (χ2n) is 6.00. The molecule has 1 amide bonds. The molecule has 4 nitrogen and oxygen atoms in total. The summed E-state index contributed by atoms with van der Waals surface area (Å²) < 4.78 is 0. The van der Waals surface area contributed by atoms with Crippen LogP contribution in [0.25, 0.3) is 10.9 Å². The number of nitrogens with one attached hydrogen (secondary N) is 1. The van der Waals surface area contributed by atoms with Gasteiger partial charge in [0.25, 0.3) is 5.91 Å². The summed E-state index contributed by atoms with van der Waals surface area (Å²) in [4.78, 5) is 17.3. The fraction of sp³-hybridized carbons (Fsp3) is 0.412. The van der Waals surface area contributed by atoms with Crippen molar-refractivity contribution in [3.63, 3.8) is 0 Å². The van der Waals surface area contributed by atoms with Gasteiger partial charge in [-0.05, 0) is 44.9 Å². The van der Waals surface area contributed by atoms with E-state index in [1.54, 1.807) is 0 Å². The molecule has 0 aliphatic heterocycles. The Morgan fingerprint density at radius 2 is 2.04 bits per heavy atom. The second kappa shape index (κ2) is 7.95. The number of amides is 1. The van der Waals surface area contributed by atoms with Gasteiger partial charge in [0.15, 0.2) is 0 Å². The molecule has 0 saturated heterocycles. The molecule has 126 valence electrons. The topological polar surface area (TPSA) is 68.0 Å². The SMILES string of the molecule is Cc1ccc2nc(C3CC3)cc(C(=O)N[C@@H](C)CN)c2c1.Cl.Cl. The lowest BCUT2D eigenvalue weighted by molar-refractivity contribution is 0.0943. The lowest BCUT2D eigenvalue weighted by Gasteiger charge is -2.14. The predicted octanol–water partition coefficient (Wildman–Crippen LogP) is 3.34. The number of hydrogen-bond donors (Lipinski definition) is 2. The van der Waals surface area contributed by atoms with Crippen molar-refractivity contribution in [3.8, 4) is 0 Å². The third kappa shape index (κ3) is 4.34. The molecule has 0 unspecified atom stereocenters. The first kappa shape index (κ1) is 19.7. The van der Waals surface area contributed by atoms with E-state index < -0.39 is 0 Å². The Morgan fingerprint density at radius 3 is 2.65 bits per heavy atom. The predicted molar refractivity (Wildman–Crippen MR) is 98.9 cm³/mol. The Hall–Kier alpha value is -1.36. The highest BCUT2D eigenvalue weighted by atomic mass is 35.5. The first-order valence-electron chi connectivity index (χ1n) is 7.50. The molecular formula is C17H23Cl2N3O. The Balaban J connectivity index is 0.00000132. The minimum absolute atomic E-state index is 0. The molecule has 1 saturated carbocycles. The largest absolute Gasteiger partial charge is 0.348 e. The summed E-state index contributed by atoms with van der Waals surface area (Å²) in [5, 5.41) is 3.87. The lowest BCUT2D eigenvalue weighted by Crippen LogP contribution is -2.37. The van der Waals surface area contributed by atoms with Gasteiger partial charge >= 0.3 is 0 Å². The molecule has 1 aromatic heterocycles. The van der Waals surface area contributed by atoms with Gasteiger partial charge in [-0.3, -0.25) is 9.78 Å². The van der Waals surface area contributed by atoms with Gasteiger partial charge in [-0.1, -0.05) is 11.6 Å². The molecule has 1 atom stereocenters. The summed E-state index contributed by atoms with van der Waals surface area (Å²) in [7, 11) is 0. The van der Waals surface area contributed by atoms with Crippen molar-refractivity contribution in [1.29, 1.82) is 0 Å². The van der Waals surface area contributed by atoms with Gasteiger partial charge in [0.05, 0.1) is 11.1 Å². The van der Waals surface area contributed by atoms with Crippen molar-refractivity contribution >= 4 is 41.6 Å². The smallest absolute Gasteiger partial charge is 0.252 e. The zero-order chi connectivity index (χ0) is 15.0. The minimum Gasteiger partial charge on any atom is -0.348 e. The van der Waals surface area contributed by atoms with E-state index in [-0.39, 0.29) is 36.8 Å². The van der Waals surface area contributed by atoms with Crippen LogP contribution in [0.4, 0.5) is 0 Å². The van der Waals surface area contributed by atoms with Gasteiger partial charge in [0, 0.05) is 29.6 Å².